The second kappa shape index (κ2) is 5.31. The molecule has 4 rings (SSSR count). The van der Waals surface area contributed by atoms with Crippen molar-refractivity contribution in [3.05, 3.63) is 42.5 Å². The number of hydrogen-bond acceptors (Lipinski definition) is 3. The van der Waals surface area contributed by atoms with E-state index >= 15 is 0 Å². The number of sulfonamides is 1. The number of fused-ring (bicyclic) bond motifs is 3. The van der Waals surface area contributed by atoms with Crippen LogP contribution in [-0.4, -0.2) is 14.1 Å². The van der Waals surface area contributed by atoms with Crippen molar-refractivity contribution in [2.45, 2.75) is 44.9 Å². The molecule has 0 aromatic heterocycles. The van der Waals surface area contributed by atoms with Gasteiger partial charge in [0, 0.05) is 11.1 Å². The molecule has 2 aliphatic rings. The van der Waals surface area contributed by atoms with E-state index in [0.29, 0.717) is 5.92 Å². The number of benzene rings is 2. The number of nitrogens with one attached hydrogen (secondary N) is 1. The van der Waals surface area contributed by atoms with E-state index in [1.165, 1.54) is 6.42 Å². The number of nitrogens with zero attached hydrogens (tertiary/aromatic N) is 1. The third-order valence-corrected chi connectivity index (χ3v) is 8.05. The van der Waals surface area contributed by atoms with Crippen molar-refractivity contribution >= 4 is 26.5 Å². The lowest BCUT2D eigenvalue weighted by Gasteiger charge is -2.34. The Morgan fingerprint density at radius 3 is 2.44 bits per heavy atom. The quantitative estimate of drug-likeness (QED) is 0.833. The van der Waals surface area contributed by atoms with Crippen LogP contribution in [0.15, 0.2) is 52.5 Å². The Bertz CT molecular complexity index is 978. The van der Waals surface area contributed by atoms with Gasteiger partial charge in [-0.05, 0) is 53.5 Å². The zero-order chi connectivity index (χ0) is 17.9. The van der Waals surface area contributed by atoms with E-state index in [4.69, 9.17) is 0 Å². The molecule has 0 heterocycles. The predicted octanol–water partition coefficient (Wildman–Crippen LogP) is 4.32. The van der Waals surface area contributed by atoms with E-state index in [9.17, 15) is 8.42 Å². The molecule has 2 atom stereocenters. The fourth-order valence-corrected chi connectivity index (χ4v) is 5.47. The summed E-state index contributed by atoms with van der Waals surface area (Å²) in [5.41, 5.74) is 1.17. The maximum Gasteiger partial charge on any atom is 0.276 e. The van der Waals surface area contributed by atoms with Crippen LogP contribution in [0.4, 0.5) is 0 Å². The Hall–Kier alpha value is -1.88. The molecular formula is C20H24N2O2S. The van der Waals surface area contributed by atoms with Crippen molar-refractivity contribution in [1.82, 2.24) is 4.83 Å². The molecule has 4 nitrogen and oxygen atoms in total. The minimum Gasteiger partial charge on any atom is -0.200 e. The van der Waals surface area contributed by atoms with Crippen LogP contribution in [0, 0.1) is 16.7 Å². The standard InChI is InChI=1S/C20H24N2O2S/c1-19(2)16-10-11-20(19,3)18(13-16)21-22-25(23,24)17-9-8-14-6-4-5-7-15(14)12-17/h4-9,12,16,22H,10-11,13H2,1-3H3/b21-18+/t16-,20+/m1/s1. The average molecular weight is 356 g/mol. The second-order valence-corrected chi connectivity index (χ2v) is 9.82. The first kappa shape index (κ1) is 16.6. The number of hydrogen-bond donors (Lipinski definition) is 1. The summed E-state index contributed by atoms with van der Waals surface area (Å²) in [5.74, 6) is 0.599. The van der Waals surface area contributed by atoms with Crippen LogP contribution < -0.4 is 4.83 Å². The van der Waals surface area contributed by atoms with Gasteiger partial charge in [-0.2, -0.15) is 13.5 Å². The van der Waals surface area contributed by atoms with Crippen LogP contribution in [0.1, 0.15) is 40.0 Å². The third-order valence-electron chi connectivity index (χ3n) is 6.84. The van der Waals surface area contributed by atoms with Gasteiger partial charge in [-0.1, -0.05) is 51.1 Å². The summed E-state index contributed by atoms with van der Waals surface area (Å²) >= 11 is 0. The summed E-state index contributed by atoms with van der Waals surface area (Å²) < 4.78 is 25.4. The zero-order valence-electron chi connectivity index (χ0n) is 14.9. The normalized spacial score (nSPS) is 29.4. The Kier molecular flexibility index (Phi) is 3.52. The van der Waals surface area contributed by atoms with Gasteiger partial charge in [0.25, 0.3) is 10.0 Å². The smallest absolute Gasteiger partial charge is 0.200 e. The highest BCUT2D eigenvalue weighted by Crippen LogP contribution is 2.63. The highest BCUT2D eigenvalue weighted by Gasteiger charge is 2.60. The summed E-state index contributed by atoms with van der Waals surface area (Å²) in [6, 6.07) is 12.9. The van der Waals surface area contributed by atoms with Gasteiger partial charge >= 0.3 is 0 Å². The lowest BCUT2D eigenvalue weighted by Crippen LogP contribution is -2.34. The fourth-order valence-electron chi connectivity index (χ4n) is 4.60. The van der Waals surface area contributed by atoms with Crippen molar-refractivity contribution in [3.63, 3.8) is 0 Å². The molecule has 2 fully saturated rings. The topological polar surface area (TPSA) is 58.5 Å². The minimum absolute atomic E-state index is 0.0103. The minimum atomic E-state index is -3.66. The molecule has 0 aliphatic heterocycles. The van der Waals surface area contributed by atoms with E-state index in [1.807, 2.05) is 30.3 Å². The summed E-state index contributed by atoms with van der Waals surface area (Å²) in [7, 11) is -3.66. The van der Waals surface area contributed by atoms with Crippen LogP contribution in [0.3, 0.4) is 0 Å². The Morgan fingerprint density at radius 2 is 1.80 bits per heavy atom. The number of hydrazone groups is 1. The van der Waals surface area contributed by atoms with Crippen LogP contribution in [-0.2, 0) is 10.0 Å². The van der Waals surface area contributed by atoms with Crippen molar-refractivity contribution in [2.75, 3.05) is 0 Å². The predicted molar refractivity (Wildman–Crippen MR) is 101 cm³/mol. The largest absolute Gasteiger partial charge is 0.276 e. The van der Waals surface area contributed by atoms with E-state index in [-0.39, 0.29) is 15.7 Å². The Labute approximate surface area is 149 Å². The van der Waals surface area contributed by atoms with Gasteiger partial charge in [0.05, 0.1) is 4.90 Å². The first-order chi connectivity index (χ1) is 11.7. The van der Waals surface area contributed by atoms with Crippen molar-refractivity contribution in [2.24, 2.45) is 21.8 Å². The first-order valence-electron chi connectivity index (χ1n) is 8.82. The highest BCUT2D eigenvalue weighted by molar-refractivity contribution is 7.89. The van der Waals surface area contributed by atoms with E-state index in [0.717, 1.165) is 29.3 Å². The summed E-state index contributed by atoms with van der Waals surface area (Å²) in [6.45, 7) is 6.79. The maximum absolute atomic E-state index is 12.7. The molecule has 132 valence electrons. The second-order valence-electron chi connectivity index (χ2n) is 8.16. The molecule has 0 unspecified atom stereocenters. The number of rotatable bonds is 3. The Morgan fingerprint density at radius 1 is 1.08 bits per heavy atom. The van der Waals surface area contributed by atoms with Crippen LogP contribution in [0.25, 0.3) is 10.8 Å². The molecule has 2 bridgehead atoms. The molecular weight excluding hydrogens is 332 g/mol. The molecule has 2 aromatic carbocycles. The van der Waals surface area contributed by atoms with E-state index < -0.39 is 10.0 Å². The van der Waals surface area contributed by atoms with Crippen LogP contribution in [0.2, 0.25) is 0 Å². The molecule has 2 saturated carbocycles. The SMILES string of the molecule is CC1(C)[C@@H]2CC[C@@]1(C)/C(=N/NS(=O)(=O)c1ccc3ccccc3c1)C2. The fraction of sp³-hybridized carbons (Fsp3) is 0.450. The molecule has 2 aromatic rings. The molecule has 1 N–H and O–H groups in total. The summed E-state index contributed by atoms with van der Waals surface area (Å²) in [6.07, 6.45) is 3.19. The van der Waals surface area contributed by atoms with Crippen LogP contribution in [0.5, 0.6) is 0 Å². The Balaban J connectivity index is 1.64. The van der Waals surface area contributed by atoms with Gasteiger partial charge in [0.2, 0.25) is 0 Å². The van der Waals surface area contributed by atoms with Gasteiger partial charge in [-0.3, -0.25) is 0 Å². The highest BCUT2D eigenvalue weighted by atomic mass is 32.2. The molecule has 0 amide bonds. The van der Waals surface area contributed by atoms with Gasteiger partial charge < -0.3 is 0 Å². The summed E-state index contributed by atoms with van der Waals surface area (Å²) in [4.78, 5) is 2.74. The van der Waals surface area contributed by atoms with E-state index in [2.05, 4.69) is 30.7 Å². The van der Waals surface area contributed by atoms with Crippen molar-refractivity contribution in [1.29, 1.82) is 0 Å². The van der Waals surface area contributed by atoms with E-state index in [1.54, 1.807) is 12.1 Å². The van der Waals surface area contributed by atoms with Gasteiger partial charge in [-0.15, -0.1) is 0 Å². The summed E-state index contributed by atoms with van der Waals surface area (Å²) in [5, 5.41) is 6.31. The first-order valence-corrected chi connectivity index (χ1v) is 10.3. The van der Waals surface area contributed by atoms with Crippen molar-refractivity contribution < 1.29 is 8.42 Å². The molecule has 5 heteroatoms. The monoisotopic (exact) mass is 356 g/mol. The molecule has 0 saturated heterocycles. The average Bonchev–Trinajstić information content (AvgIpc) is 2.93. The maximum atomic E-state index is 12.7. The van der Waals surface area contributed by atoms with Crippen molar-refractivity contribution in [3.8, 4) is 0 Å². The van der Waals surface area contributed by atoms with Gasteiger partial charge in [0.15, 0.2) is 0 Å². The van der Waals surface area contributed by atoms with Gasteiger partial charge in [-0.25, -0.2) is 4.83 Å². The van der Waals surface area contributed by atoms with Crippen LogP contribution >= 0.6 is 0 Å². The lowest BCUT2D eigenvalue weighted by molar-refractivity contribution is 0.193. The molecule has 25 heavy (non-hydrogen) atoms. The third kappa shape index (κ3) is 2.40. The lowest BCUT2D eigenvalue weighted by atomic mass is 9.70. The van der Waals surface area contributed by atoms with Gasteiger partial charge in [0.1, 0.15) is 0 Å². The molecule has 2 aliphatic carbocycles. The molecule has 0 spiro atoms. The molecule has 0 radical (unpaired) electrons. The zero-order valence-corrected chi connectivity index (χ0v) is 15.7.